The highest BCUT2D eigenvalue weighted by atomic mass is 79.9. The van der Waals surface area contributed by atoms with Gasteiger partial charge in [-0.1, -0.05) is 58.4 Å². The Balaban J connectivity index is 1.92. The Hall–Kier alpha value is -1.65. The van der Waals surface area contributed by atoms with Gasteiger partial charge in [-0.15, -0.1) is 0 Å². The Bertz CT molecular complexity index is 705. The minimum absolute atomic E-state index is 0.00762. The standard InChI is InChI=1S/C16H10BrNOS/c17-13-8-6-11(7-9-13)10-14-16(19)20-15(18-14)12-4-2-1-3-5-12/h1-10H/b14-10-. The summed E-state index contributed by atoms with van der Waals surface area (Å²) >= 11 is 4.57. The topological polar surface area (TPSA) is 29.4 Å². The van der Waals surface area contributed by atoms with Crippen LogP contribution in [0.3, 0.4) is 0 Å². The van der Waals surface area contributed by atoms with Crippen molar-refractivity contribution in [2.45, 2.75) is 0 Å². The number of benzene rings is 2. The molecule has 2 aromatic carbocycles. The SMILES string of the molecule is O=C1SC(c2ccccc2)=N/C1=C\c1ccc(Br)cc1. The predicted molar refractivity (Wildman–Crippen MR) is 87.7 cm³/mol. The van der Waals surface area contributed by atoms with Crippen molar-refractivity contribution in [3.8, 4) is 0 Å². The summed E-state index contributed by atoms with van der Waals surface area (Å²) in [7, 11) is 0. The minimum atomic E-state index is -0.00762. The van der Waals surface area contributed by atoms with Crippen LogP contribution in [-0.2, 0) is 4.79 Å². The number of carbonyl (C=O) groups excluding carboxylic acids is 1. The van der Waals surface area contributed by atoms with Crippen LogP contribution in [0.5, 0.6) is 0 Å². The van der Waals surface area contributed by atoms with Crippen molar-refractivity contribution in [3.05, 3.63) is 75.9 Å². The fraction of sp³-hybridized carbons (Fsp3) is 0. The molecule has 0 spiro atoms. The number of aliphatic imine (C=N–C) groups is 1. The van der Waals surface area contributed by atoms with E-state index in [1.165, 1.54) is 11.8 Å². The fourth-order valence-electron chi connectivity index (χ4n) is 1.83. The van der Waals surface area contributed by atoms with Crippen molar-refractivity contribution in [1.82, 2.24) is 0 Å². The first-order valence-corrected chi connectivity index (χ1v) is 7.67. The van der Waals surface area contributed by atoms with Crippen molar-refractivity contribution in [3.63, 3.8) is 0 Å². The average Bonchev–Trinajstić information content (AvgIpc) is 2.84. The zero-order valence-electron chi connectivity index (χ0n) is 10.4. The van der Waals surface area contributed by atoms with Crippen LogP contribution in [0, 0.1) is 0 Å². The largest absolute Gasteiger partial charge is 0.279 e. The molecule has 1 heterocycles. The molecule has 0 saturated heterocycles. The zero-order valence-corrected chi connectivity index (χ0v) is 12.8. The molecule has 0 fully saturated rings. The quantitative estimate of drug-likeness (QED) is 0.750. The molecule has 20 heavy (non-hydrogen) atoms. The lowest BCUT2D eigenvalue weighted by atomic mass is 10.2. The van der Waals surface area contributed by atoms with Crippen LogP contribution < -0.4 is 0 Å². The molecule has 4 heteroatoms. The smallest absolute Gasteiger partial charge is 0.244 e. The van der Waals surface area contributed by atoms with Crippen molar-refractivity contribution in [1.29, 1.82) is 0 Å². The number of rotatable bonds is 2. The van der Waals surface area contributed by atoms with E-state index in [4.69, 9.17) is 0 Å². The van der Waals surface area contributed by atoms with Gasteiger partial charge in [-0.05, 0) is 35.5 Å². The molecule has 0 aliphatic carbocycles. The summed E-state index contributed by atoms with van der Waals surface area (Å²) < 4.78 is 1.01. The van der Waals surface area contributed by atoms with Gasteiger partial charge in [0.05, 0.1) is 0 Å². The van der Waals surface area contributed by atoms with Gasteiger partial charge in [0.2, 0.25) is 5.12 Å². The number of halogens is 1. The normalized spacial score (nSPS) is 16.6. The molecule has 0 radical (unpaired) electrons. The molecule has 0 unspecified atom stereocenters. The van der Waals surface area contributed by atoms with Gasteiger partial charge in [0.25, 0.3) is 0 Å². The number of carbonyl (C=O) groups is 1. The van der Waals surface area contributed by atoms with E-state index in [1.54, 1.807) is 0 Å². The van der Waals surface area contributed by atoms with Crippen LogP contribution in [0.2, 0.25) is 0 Å². The molecular weight excluding hydrogens is 334 g/mol. The molecule has 0 amide bonds. The van der Waals surface area contributed by atoms with Crippen LogP contribution in [0.25, 0.3) is 6.08 Å². The van der Waals surface area contributed by atoms with Gasteiger partial charge in [0.15, 0.2) is 0 Å². The Labute approximate surface area is 129 Å². The maximum absolute atomic E-state index is 12.0. The summed E-state index contributed by atoms with van der Waals surface area (Å²) in [5, 5.41) is 0.755. The van der Waals surface area contributed by atoms with Gasteiger partial charge >= 0.3 is 0 Å². The third kappa shape index (κ3) is 2.92. The predicted octanol–water partition coefficient (Wildman–Crippen LogP) is 4.51. The fourth-order valence-corrected chi connectivity index (χ4v) is 2.88. The number of hydrogen-bond acceptors (Lipinski definition) is 3. The molecule has 0 atom stereocenters. The van der Waals surface area contributed by atoms with E-state index < -0.39 is 0 Å². The molecule has 0 aromatic heterocycles. The van der Waals surface area contributed by atoms with E-state index in [2.05, 4.69) is 20.9 Å². The van der Waals surface area contributed by atoms with Gasteiger partial charge in [-0.2, -0.15) is 0 Å². The van der Waals surface area contributed by atoms with Gasteiger partial charge in [-0.25, -0.2) is 4.99 Å². The highest BCUT2D eigenvalue weighted by molar-refractivity contribution is 9.10. The lowest BCUT2D eigenvalue weighted by molar-refractivity contribution is -0.107. The second-order valence-electron chi connectivity index (χ2n) is 4.25. The van der Waals surface area contributed by atoms with E-state index in [0.29, 0.717) is 5.70 Å². The van der Waals surface area contributed by atoms with Crippen LogP contribution in [0.1, 0.15) is 11.1 Å². The maximum Gasteiger partial charge on any atom is 0.244 e. The molecule has 0 bridgehead atoms. The van der Waals surface area contributed by atoms with Crippen molar-refractivity contribution < 1.29 is 4.79 Å². The Morgan fingerprint density at radius 2 is 1.70 bits per heavy atom. The summed E-state index contributed by atoms with van der Waals surface area (Å²) in [6.07, 6.45) is 1.82. The first kappa shape index (κ1) is 13.3. The van der Waals surface area contributed by atoms with Gasteiger partial charge in [0.1, 0.15) is 10.7 Å². The van der Waals surface area contributed by atoms with Crippen molar-refractivity contribution >= 4 is 43.9 Å². The molecule has 98 valence electrons. The summed E-state index contributed by atoms with van der Waals surface area (Å²) in [6, 6.07) is 17.5. The van der Waals surface area contributed by atoms with Gasteiger partial charge < -0.3 is 0 Å². The molecule has 1 aliphatic heterocycles. The molecule has 3 rings (SSSR count). The molecular formula is C16H10BrNOS. The van der Waals surface area contributed by atoms with Crippen LogP contribution in [0.15, 0.2) is 69.8 Å². The first-order valence-electron chi connectivity index (χ1n) is 6.06. The van der Waals surface area contributed by atoms with Gasteiger partial charge in [0, 0.05) is 10.0 Å². The van der Waals surface area contributed by atoms with E-state index in [0.717, 1.165) is 20.6 Å². The molecule has 0 saturated carbocycles. The van der Waals surface area contributed by atoms with Crippen molar-refractivity contribution in [2.24, 2.45) is 4.99 Å². The highest BCUT2D eigenvalue weighted by Crippen LogP contribution is 2.28. The van der Waals surface area contributed by atoms with Crippen molar-refractivity contribution in [2.75, 3.05) is 0 Å². The molecule has 2 aromatic rings. The second-order valence-corrected chi connectivity index (χ2v) is 6.13. The second kappa shape index (κ2) is 5.77. The van der Waals surface area contributed by atoms with Gasteiger partial charge in [-0.3, -0.25) is 4.79 Å². The third-order valence-corrected chi connectivity index (χ3v) is 4.26. The van der Waals surface area contributed by atoms with E-state index in [9.17, 15) is 4.79 Å². The Kier molecular flexibility index (Phi) is 3.85. The van der Waals surface area contributed by atoms with E-state index in [1.807, 2.05) is 60.7 Å². The first-order chi connectivity index (χ1) is 9.72. The lowest BCUT2D eigenvalue weighted by Crippen LogP contribution is -1.91. The number of hydrogen-bond donors (Lipinski definition) is 0. The molecule has 0 N–H and O–H groups in total. The van der Waals surface area contributed by atoms with E-state index in [-0.39, 0.29) is 5.12 Å². The third-order valence-electron chi connectivity index (χ3n) is 2.81. The Morgan fingerprint density at radius 3 is 2.40 bits per heavy atom. The summed E-state index contributed by atoms with van der Waals surface area (Å²) in [6.45, 7) is 0. The monoisotopic (exact) mass is 343 g/mol. The lowest BCUT2D eigenvalue weighted by Gasteiger charge is -1.95. The molecule has 2 nitrogen and oxygen atoms in total. The zero-order chi connectivity index (χ0) is 13.9. The maximum atomic E-state index is 12.0. The van der Waals surface area contributed by atoms with E-state index >= 15 is 0 Å². The Morgan fingerprint density at radius 1 is 1.00 bits per heavy atom. The number of nitrogens with zero attached hydrogens (tertiary/aromatic N) is 1. The molecule has 1 aliphatic rings. The van der Waals surface area contributed by atoms with Crippen LogP contribution >= 0.6 is 27.7 Å². The minimum Gasteiger partial charge on any atom is -0.279 e. The van der Waals surface area contributed by atoms with Crippen LogP contribution in [0.4, 0.5) is 0 Å². The highest BCUT2D eigenvalue weighted by Gasteiger charge is 2.22. The summed E-state index contributed by atoms with van der Waals surface area (Å²) in [4.78, 5) is 16.4. The van der Waals surface area contributed by atoms with Crippen LogP contribution in [-0.4, -0.2) is 10.2 Å². The average molecular weight is 344 g/mol. The number of thioether (sulfide) groups is 1. The summed E-state index contributed by atoms with van der Waals surface area (Å²) in [5.74, 6) is 0. The summed E-state index contributed by atoms with van der Waals surface area (Å²) in [5.41, 5.74) is 2.44.